The molecule has 1 aliphatic carbocycles. The van der Waals surface area contributed by atoms with Crippen molar-refractivity contribution < 1.29 is 4.74 Å². The van der Waals surface area contributed by atoms with E-state index in [1.54, 1.807) is 0 Å². The monoisotopic (exact) mass is 249 g/mol. The fraction of sp³-hybridized carbons (Fsp3) is 0.571. The van der Waals surface area contributed by atoms with Gasteiger partial charge in [-0.3, -0.25) is 0 Å². The number of rotatable bonds is 5. The summed E-state index contributed by atoms with van der Waals surface area (Å²) in [6, 6.07) is 9.76. The molecular weight excluding hydrogens is 230 g/mol. The number of benzene rings is 1. The van der Waals surface area contributed by atoms with Crippen molar-refractivity contribution >= 4 is 11.8 Å². The van der Waals surface area contributed by atoms with Crippen LogP contribution in [0.25, 0.3) is 0 Å². The maximum absolute atomic E-state index is 5.39. The number of ether oxygens (including phenoxy) is 1. The Kier molecular flexibility index (Phi) is 3.69. The quantitative estimate of drug-likeness (QED) is 0.867. The molecule has 0 radical (unpaired) electrons. The van der Waals surface area contributed by atoms with Crippen LogP contribution in [0.2, 0.25) is 0 Å². The van der Waals surface area contributed by atoms with Crippen LogP contribution in [-0.2, 0) is 11.3 Å². The van der Waals surface area contributed by atoms with Gasteiger partial charge in [0.05, 0.1) is 6.61 Å². The molecule has 92 valence electrons. The Morgan fingerprint density at radius 1 is 1.18 bits per heavy atom. The SMILES string of the molecule is c1cc(SC2CCOC2)ccc1CNC1CC1. The van der Waals surface area contributed by atoms with Crippen LogP contribution in [0.15, 0.2) is 29.2 Å². The predicted molar refractivity (Wildman–Crippen MR) is 71.4 cm³/mol. The molecule has 3 heteroatoms. The van der Waals surface area contributed by atoms with E-state index in [0.717, 1.165) is 25.8 Å². The molecule has 0 bridgehead atoms. The molecule has 1 aromatic rings. The molecule has 1 aromatic carbocycles. The first-order chi connectivity index (χ1) is 8.40. The van der Waals surface area contributed by atoms with Crippen molar-refractivity contribution in [2.24, 2.45) is 0 Å². The summed E-state index contributed by atoms with van der Waals surface area (Å²) in [6.45, 7) is 2.86. The standard InChI is InChI=1S/C14H19NOS/c1-5-13(17-14-7-8-16-10-14)6-2-11(1)9-15-12-3-4-12/h1-2,5-6,12,14-15H,3-4,7-10H2. The lowest BCUT2D eigenvalue weighted by Gasteiger charge is -2.08. The van der Waals surface area contributed by atoms with E-state index < -0.39 is 0 Å². The second-order valence-corrected chi connectivity index (χ2v) is 6.28. The first-order valence-corrected chi connectivity index (χ1v) is 7.35. The Morgan fingerprint density at radius 3 is 2.65 bits per heavy atom. The van der Waals surface area contributed by atoms with Gasteiger partial charge in [0, 0.05) is 29.3 Å². The fourth-order valence-electron chi connectivity index (χ4n) is 2.03. The van der Waals surface area contributed by atoms with Gasteiger partial charge in [0.2, 0.25) is 0 Å². The molecule has 1 heterocycles. The topological polar surface area (TPSA) is 21.3 Å². The molecule has 17 heavy (non-hydrogen) atoms. The second kappa shape index (κ2) is 5.42. The highest BCUT2D eigenvalue weighted by Crippen LogP contribution is 2.28. The van der Waals surface area contributed by atoms with Crippen molar-refractivity contribution in [3.05, 3.63) is 29.8 Å². The summed E-state index contributed by atoms with van der Waals surface area (Å²) in [7, 11) is 0. The van der Waals surface area contributed by atoms with Gasteiger partial charge in [0.1, 0.15) is 0 Å². The normalized spacial score (nSPS) is 24.1. The van der Waals surface area contributed by atoms with Gasteiger partial charge >= 0.3 is 0 Å². The lowest BCUT2D eigenvalue weighted by molar-refractivity contribution is 0.199. The summed E-state index contributed by atoms with van der Waals surface area (Å²) in [5.74, 6) is 0. The molecule has 1 saturated carbocycles. The number of hydrogen-bond donors (Lipinski definition) is 1. The molecular formula is C14H19NOS. The summed E-state index contributed by atoms with van der Waals surface area (Å²) in [4.78, 5) is 1.37. The van der Waals surface area contributed by atoms with E-state index in [4.69, 9.17) is 4.74 Å². The zero-order valence-corrected chi connectivity index (χ0v) is 10.8. The molecule has 2 aliphatic rings. The molecule has 0 aromatic heterocycles. The molecule has 2 nitrogen and oxygen atoms in total. The van der Waals surface area contributed by atoms with Crippen molar-refractivity contribution in [2.45, 2.75) is 42.0 Å². The molecule has 1 saturated heterocycles. The van der Waals surface area contributed by atoms with E-state index in [0.29, 0.717) is 5.25 Å². The highest BCUT2D eigenvalue weighted by Gasteiger charge is 2.20. The third kappa shape index (κ3) is 3.47. The van der Waals surface area contributed by atoms with Crippen molar-refractivity contribution in [3.63, 3.8) is 0 Å². The molecule has 1 unspecified atom stereocenters. The second-order valence-electron chi connectivity index (χ2n) is 4.90. The highest BCUT2D eigenvalue weighted by atomic mass is 32.2. The van der Waals surface area contributed by atoms with Gasteiger partial charge in [-0.2, -0.15) is 0 Å². The lowest BCUT2D eigenvalue weighted by atomic mass is 10.2. The summed E-state index contributed by atoms with van der Waals surface area (Å²) in [6.07, 6.45) is 3.90. The van der Waals surface area contributed by atoms with E-state index in [2.05, 4.69) is 29.6 Å². The van der Waals surface area contributed by atoms with Crippen molar-refractivity contribution in [3.8, 4) is 0 Å². The Bertz CT molecular complexity index is 355. The molecule has 1 N–H and O–H groups in total. The van der Waals surface area contributed by atoms with Crippen molar-refractivity contribution in [2.75, 3.05) is 13.2 Å². The number of nitrogens with one attached hydrogen (secondary N) is 1. The molecule has 0 amide bonds. The first-order valence-electron chi connectivity index (χ1n) is 6.47. The zero-order chi connectivity index (χ0) is 11.5. The van der Waals surface area contributed by atoms with Crippen LogP contribution in [0.3, 0.4) is 0 Å². The Balaban J connectivity index is 1.51. The molecule has 3 rings (SSSR count). The lowest BCUT2D eigenvalue weighted by Crippen LogP contribution is -2.15. The van der Waals surface area contributed by atoms with E-state index in [1.807, 2.05) is 11.8 Å². The molecule has 1 aliphatic heterocycles. The van der Waals surface area contributed by atoms with Crippen molar-refractivity contribution in [1.82, 2.24) is 5.32 Å². The van der Waals surface area contributed by atoms with Crippen LogP contribution in [0.1, 0.15) is 24.8 Å². The van der Waals surface area contributed by atoms with E-state index in [1.165, 1.54) is 29.7 Å². The van der Waals surface area contributed by atoms with Gasteiger partial charge in [-0.1, -0.05) is 12.1 Å². The van der Waals surface area contributed by atoms with E-state index >= 15 is 0 Å². The highest BCUT2D eigenvalue weighted by molar-refractivity contribution is 8.00. The minimum Gasteiger partial charge on any atom is -0.380 e. The van der Waals surface area contributed by atoms with E-state index in [-0.39, 0.29) is 0 Å². The Morgan fingerprint density at radius 2 is 2.00 bits per heavy atom. The van der Waals surface area contributed by atoms with Gasteiger partial charge in [0.15, 0.2) is 0 Å². The van der Waals surface area contributed by atoms with Gasteiger partial charge in [-0.25, -0.2) is 0 Å². The van der Waals surface area contributed by atoms with Gasteiger partial charge in [-0.15, -0.1) is 11.8 Å². The summed E-state index contributed by atoms with van der Waals surface area (Å²) in [5.41, 5.74) is 1.39. The van der Waals surface area contributed by atoms with Crippen LogP contribution in [0.4, 0.5) is 0 Å². The molecule has 2 fully saturated rings. The number of thioether (sulfide) groups is 1. The largest absolute Gasteiger partial charge is 0.380 e. The minimum absolute atomic E-state index is 0.658. The van der Waals surface area contributed by atoms with Crippen LogP contribution in [0, 0.1) is 0 Å². The minimum atomic E-state index is 0.658. The van der Waals surface area contributed by atoms with Gasteiger partial charge in [0.25, 0.3) is 0 Å². The summed E-state index contributed by atoms with van der Waals surface area (Å²) < 4.78 is 5.39. The van der Waals surface area contributed by atoms with Crippen LogP contribution < -0.4 is 5.32 Å². The van der Waals surface area contributed by atoms with Crippen LogP contribution >= 0.6 is 11.8 Å². The third-order valence-corrected chi connectivity index (χ3v) is 4.54. The zero-order valence-electron chi connectivity index (χ0n) is 10.0. The molecule has 1 atom stereocenters. The van der Waals surface area contributed by atoms with Gasteiger partial charge in [-0.05, 0) is 37.0 Å². The smallest absolute Gasteiger partial charge is 0.0589 e. The summed E-state index contributed by atoms with van der Waals surface area (Å²) in [5, 5.41) is 4.20. The molecule has 0 spiro atoms. The van der Waals surface area contributed by atoms with Crippen molar-refractivity contribution in [1.29, 1.82) is 0 Å². The Hall–Kier alpha value is -0.510. The summed E-state index contributed by atoms with van der Waals surface area (Å²) >= 11 is 1.95. The van der Waals surface area contributed by atoms with Gasteiger partial charge < -0.3 is 10.1 Å². The Labute approximate surface area is 107 Å². The maximum Gasteiger partial charge on any atom is 0.0589 e. The fourth-order valence-corrected chi connectivity index (χ4v) is 3.09. The predicted octanol–water partition coefficient (Wildman–Crippen LogP) is 2.82. The van der Waals surface area contributed by atoms with E-state index in [9.17, 15) is 0 Å². The average molecular weight is 249 g/mol. The first kappa shape index (κ1) is 11.6. The van der Waals surface area contributed by atoms with Crippen LogP contribution in [0.5, 0.6) is 0 Å². The third-order valence-electron chi connectivity index (χ3n) is 3.29. The average Bonchev–Trinajstić information content (AvgIpc) is 3.05. The van der Waals surface area contributed by atoms with Crippen LogP contribution in [-0.4, -0.2) is 24.5 Å². The maximum atomic E-state index is 5.39. The number of hydrogen-bond acceptors (Lipinski definition) is 3.